The third-order valence-electron chi connectivity index (χ3n) is 4.88. The quantitative estimate of drug-likeness (QED) is 0.851. The number of aromatic nitrogens is 2. The van der Waals surface area contributed by atoms with Crippen molar-refractivity contribution in [3.63, 3.8) is 0 Å². The average Bonchev–Trinajstić information content (AvgIpc) is 3.05. The molecule has 3 rings (SSSR count). The Balaban J connectivity index is 1.58. The summed E-state index contributed by atoms with van der Waals surface area (Å²) in [6.07, 6.45) is 12.9. The van der Waals surface area contributed by atoms with Crippen molar-refractivity contribution < 1.29 is 0 Å². The molecule has 1 aromatic rings. The fraction of sp³-hybridized carbons (Fsp3) is 0.812. The van der Waals surface area contributed by atoms with Crippen molar-refractivity contribution in [2.75, 3.05) is 13.1 Å². The molecule has 0 amide bonds. The monoisotopic (exact) mass is 261 g/mol. The highest BCUT2D eigenvalue weighted by Crippen LogP contribution is 2.47. The van der Waals surface area contributed by atoms with Gasteiger partial charge >= 0.3 is 0 Å². The van der Waals surface area contributed by atoms with E-state index in [4.69, 9.17) is 5.10 Å². The van der Waals surface area contributed by atoms with Gasteiger partial charge in [0.25, 0.3) is 0 Å². The minimum absolute atomic E-state index is 0.530. The Morgan fingerprint density at radius 3 is 2.79 bits per heavy atom. The predicted molar refractivity (Wildman–Crippen MR) is 78.3 cm³/mol. The molecule has 1 heterocycles. The fourth-order valence-electron chi connectivity index (χ4n) is 3.39. The lowest BCUT2D eigenvalue weighted by atomic mass is 9.96. The number of hydrogen-bond donors (Lipinski definition) is 1. The van der Waals surface area contributed by atoms with Crippen LogP contribution in [-0.4, -0.2) is 22.9 Å². The molecule has 0 saturated heterocycles. The van der Waals surface area contributed by atoms with Crippen LogP contribution in [0.2, 0.25) is 0 Å². The predicted octanol–water partition coefficient (Wildman–Crippen LogP) is 3.32. The third kappa shape index (κ3) is 3.19. The molecule has 0 unspecified atom stereocenters. The summed E-state index contributed by atoms with van der Waals surface area (Å²) in [5, 5.41) is 8.36. The smallest absolute Gasteiger partial charge is 0.0630 e. The summed E-state index contributed by atoms with van der Waals surface area (Å²) in [5.74, 6) is 0. The van der Waals surface area contributed by atoms with Gasteiger partial charge in [-0.3, -0.25) is 4.68 Å². The van der Waals surface area contributed by atoms with Crippen LogP contribution in [0.4, 0.5) is 0 Å². The Kier molecular flexibility index (Phi) is 3.92. The third-order valence-corrected chi connectivity index (χ3v) is 4.88. The standard InChI is InChI=1S/C16H27N3/c1-2-17-13-16(9-10-16)12-14-8-11-19(18-14)15-6-4-3-5-7-15/h8,11,15,17H,2-7,9-10,12-13H2,1H3. The van der Waals surface area contributed by atoms with Crippen molar-refractivity contribution in [1.29, 1.82) is 0 Å². The molecule has 1 aromatic heterocycles. The van der Waals surface area contributed by atoms with Crippen molar-refractivity contribution in [2.24, 2.45) is 5.41 Å². The van der Waals surface area contributed by atoms with Crippen LogP contribution in [0.5, 0.6) is 0 Å². The topological polar surface area (TPSA) is 29.9 Å². The summed E-state index contributed by atoms with van der Waals surface area (Å²) >= 11 is 0. The van der Waals surface area contributed by atoms with Gasteiger partial charge in [0.05, 0.1) is 11.7 Å². The van der Waals surface area contributed by atoms with Crippen molar-refractivity contribution in [1.82, 2.24) is 15.1 Å². The maximum absolute atomic E-state index is 4.86. The van der Waals surface area contributed by atoms with Crippen LogP contribution in [-0.2, 0) is 6.42 Å². The molecule has 0 bridgehead atoms. The summed E-state index contributed by atoms with van der Waals surface area (Å²) in [6.45, 7) is 4.44. The van der Waals surface area contributed by atoms with Gasteiger partial charge in [0.15, 0.2) is 0 Å². The van der Waals surface area contributed by atoms with E-state index in [-0.39, 0.29) is 0 Å². The van der Waals surface area contributed by atoms with Gasteiger partial charge in [0.2, 0.25) is 0 Å². The highest BCUT2D eigenvalue weighted by Gasteiger charge is 2.42. The molecule has 2 saturated carbocycles. The maximum Gasteiger partial charge on any atom is 0.0630 e. The minimum atomic E-state index is 0.530. The molecular weight excluding hydrogens is 234 g/mol. The van der Waals surface area contributed by atoms with Gasteiger partial charge in [-0.15, -0.1) is 0 Å². The zero-order valence-electron chi connectivity index (χ0n) is 12.2. The lowest BCUT2D eigenvalue weighted by Gasteiger charge is -2.22. The van der Waals surface area contributed by atoms with Gasteiger partial charge < -0.3 is 5.32 Å². The van der Waals surface area contributed by atoms with Crippen molar-refractivity contribution in [2.45, 2.75) is 64.3 Å². The highest BCUT2D eigenvalue weighted by molar-refractivity contribution is 5.09. The second kappa shape index (κ2) is 5.66. The molecule has 0 aromatic carbocycles. The number of hydrogen-bond acceptors (Lipinski definition) is 2. The van der Waals surface area contributed by atoms with Gasteiger partial charge in [-0.2, -0.15) is 5.10 Å². The van der Waals surface area contributed by atoms with Crippen LogP contribution in [0.15, 0.2) is 12.3 Å². The summed E-state index contributed by atoms with van der Waals surface area (Å²) in [5.41, 5.74) is 1.84. The Labute approximate surface area is 116 Å². The second-order valence-electron chi connectivity index (χ2n) is 6.54. The zero-order valence-corrected chi connectivity index (χ0v) is 12.2. The Morgan fingerprint density at radius 1 is 1.32 bits per heavy atom. The minimum Gasteiger partial charge on any atom is -0.316 e. The fourth-order valence-corrected chi connectivity index (χ4v) is 3.39. The molecule has 1 N–H and O–H groups in total. The molecular formula is C16H27N3. The largest absolute Gasteiger partial charge is 0.316 e. The van der Waals surface area contributed by atoms with Crippen LogP contribution in [0.1, 0.15) is 63.6 Å². The lowest BCUT2D eigenvalue weighted by Crippen LogP contribution is -2.25. The van der Waals surface area contributed by atoms with Crippen LogP contribution < -0.4 is 5.32 Å². The summed E-state index contributed by atoms with van der Waals surface area (Å²) in [4.78, 5) is 0. The van der Waals surface area contributed by atoms with Crippen LogP contribution in [0.25, 0.3) is 0 Å². The van der Waals surface area contributed by atoms with Gasteiger partial charge in [-0.1, -0.05) is 26.2 Å². The van der Waals surface area contributed by atoms with Gasteiger partial charge in [0, 0.05) is 12.7 Å². The normalized spacial score (nSPS) is 22.6. The Hall–Kier alpha value is -0.830. The summed E-state index contributed by atoms with van der Waals surface area (Å²) in [6, 6.07) is 2.92. The molecule has 3 heteroatoms. The van der Waals surface area contributed by atoms with E-state index in [9.17, 15) is 0 Å². The van der Waals surface area contributed by atoms with Crippen LogP contribution in [0, 0.1) is 5.41 Å². The Morgan fingerprint density at radius 2 is 2.11 bits per heavy atom. The van der Waals surface area contributed by atoms with E-state index >= 15 is 0 Å². The number of nitrogens with one attached hydrogen (secondary N) is 1. The first-order chi connectivity index (χ1) is 9.31. The van der Waals surface area contributed by atoms with Crippen molar-refractivity contribution in [3.8, 4) is 0 Å². The molecule has 0 aliphatic heterocycles. The van der Waals surface area contributed by atoms with Crippen molar-refractivity contribution in [3.05, 3.63) is 18.0 Å². The summed E-state index contributed by atoms with van der Waals surface area (Å²) in [7, 11) is 0. The van der Waals surface area contributed by atoms with E-state index in [0.29, 0.717) is 11.5 Å². The highest BCUT2D eigenvalue weighted by atomic mass is 15.3. The van der Waals surface area contributed by atoms with Gasteiger partial charge in [0.1, 0.15) is 0 Å². The molecule has 106 valence electrons. The van der Waals surface area contributed by atoms with E-state index in [1.54, 1.807) is 0 Å². The van der Waals surface area contributed by atoms with Crippen LogP contribution in [0.3, 0.4) is 0 Å². The first-order valence-corrected chi connectivity index (χ1v) is 8.06. The molecule has 2 aliphatic rings. The van der Waals surface area contributed by atoms with E-state index in [2.05, 4.69) is 29.2 Å². The summed E-state index contributed by atoms with van der Waals surface area (Å²) < 4.78 is 2.25. The molecule has 0 atom stereocenters. The lowest BCUT2D eigenvalue weighted by molar-refractivity contribution is 0.326. The first-order valence-electron chi connectivity index (χ1n) is 8.06. The molecule has 19 heavy (non-hydrogen) atoms. The molecule has 2 aliphatic carbocycles. The van der Waals surface area contributed by atoms with Crippen LogP contribution >= 0.6 is 0 Å². The van der Waals surface area contributed by atoms with E-state index in [1.165, 1.54) is 63.6 Å². The molecule has 2 fully saturated rings. The maximum atomic E-state index is 4.86. The van der Waals surface area contributed by atoms with Gasteiger partial charge in [-0.25, -0.2) is 0 Å². The number of rotatable bonds is 6. The van der Waals surface area contributed by atoms with Crippen molar-refractivity contribution >= 4 is 0 Å². The molecule has 0 radical (unpaired) electrons. The Bertz CT molecular complexity index is 400. The van der Waals surface area contributed by atoms with E-state index in [1.807, 2.05) is 0 Å². The van der Waals surface area contributed by atoms with E-state index < -0.39 is 0 Å². The zero-order chi connectivity index (χ0) is 13.1. The molecule has 3 nitrogen and oxygen atoms in total. The number of nitrogens with zero attached hydrogens (tertiary/aromatic N) is 2. The van der Waals surface area contributed by atoms with Gasteiger partial charge in [-0.05, 0) is 50.1 Å². The van der Waals surface area contributed by atoms with E-state index in [0.717, 1.165) is 6.54 Å². The SMILES string of the molecule is CCNCC1(Cc2ccn(C3CCCCC3)n2)CC1. The molecule has 0 spiro atoms. The second-order valence-corrected chi connectivity index (χ2v) is 6.54. The first kappa shape index (κ1) is 13.2. The average molecular weight is 261 g/mol.